The molecule has 2 aromatic carbocycles. The zero-order valence-electron chi connectivity index (χ0n) is 16.5. The second-order valence-corrected chi connectivity index (χ2v) is 7.56. The van der Waals surface area contributed by atoms with Gasteiger partial charge in [0, 0.05) is 24.1 Å². The van der Waals surface area contributed by atoms with Gasteiger partial charge >= 0.3 is 0 Å². The molecule has 31 heavy (non-hydrogen) atoms. The lowest BCUT2D eigenvalue weighted by Gasteiger charge is -2.03. The van der Waals surface area contributed by atoms with Crippen molar-refractivity contribution in [2.75, 3.05) is 5.32 Å². The third-order valence-corrected chi connectivity index (χ3v) is 5.13. The zero-order chi connectivity index (χ0) is 21.6. The van der Waals surface area contributed by atoms with Crippen molar-refractivity contribution in [1.82, 2.24) is 20.3 Å². The van der Waals surface area contributed by atoms with Gasteiger partial charge in [0.15, 0.2) is 5.82 Å². The van der Waals surface area contributed by atoms with Crippen molar-refractivity contribution >= 4 is 23.4 Å². The molecule has 0 radical (unpaired) electrons. The zero-order valence-corrected chi connectivity index (χ0v) is 17.4. The van der Waals surface area contributed by atoms with Crippen molar-refractivity contribution in [3.05, 3.63) is 71.6 Å². The first-order chi connectivity index (χ1) is 15.1. The fraction of sp³-hybridized carbons (Fsp3) is 0.190. The SMILES string of the molecule is Cc1ccccc1-c1nnc(SCc2noc(CCC(=O)Nc3ccc(F)cc3)n2)o1. The average Bonchev–Trinajstić information content (AvgIpc) is 3.42. The second-order valence-electron chi connectivity index (χ2n) is 6.64. The Kier molecular flexibility index (Phi) is 6.37. The molecule has 158 valence electrons. The summed E-state index contributed by atoms with van der Waals surface area (Å²) in [5.41, 5.74) is 2.47. The van der Waals surface area contributed by atoms with Gasteiger partial charge in [0.25, 0.3) is 5.22 Å². The number of anilines is 1. The number of carbonyl (C=O) groups excluding carboxylic acids is 1. The summed E-state index contributed by atoms with van der Waals surface area (Å²) in [7, 11) is 0. The van der Waals surface area contributed by atoms with Crippen LogP contribution in [0.5, 0.6) is 0 Å². The predicted octanol–water partition coefficient (Wildman–Crippen LogP) is 4.43. The summed E-state index contributed by atoms with van der Waals surface area (Å²) in [5, 5.41) is 15.1. The van der Waals surface area contributed by atoms with Gasteiger partial charge < -0.3 is 14.3 Å². The third kappa shape index (κ3) is 5.54. The van der Waals surface area contributed by atoms with E-state index in [-0.39, 0.29) is 18.1 Å². The van der Waals surface area contributed by atoms with Crippen LogP contribution in [-0.4, -0.2) is 26.2 Å². The quantitative estimate of drug-likeness (QED) is 0.402. The van der Waals surface area contributed by atoms with Gasteiger partial charge in [0.1, 0.15) is 5.82 Å². The predicted molar refractivity (Wildman–Crippen MR) is 112 cm³/mol. The topological polar surface area (TPSA) is 107 Å². The van der Waals surface area contributed by atoms with Crippen LogP contribution in [0.1, 0.15) is 23.7 Å². The van der Waals surface area contributed by atoms with Crippen LogP contribution in [0.3, 0.4) is 0 Å². The van der Waals surface area contributed by atoms with Gasteiger partial charge in [-0.25, -0.2) is 4.39 Å². The number of halogens is 1. The summed E-state index contributed by atoms with van der Waals surface area (Å²) >= 11 is 1.30. The molecule has 0 unspecified atom stereocenters. The van der Waals surface area contributed by atoms with Crippen molar-refractivity contribution in [3.8, 4) is 11.5 Å². The van der Waals surface area contributed by atoms with Crippen LogP contribution in [0.2, 0.25) is 0 Å². The van der Waals surface area contributed by atoms with Crippen molar-refractivity contribution in [1.29, 1.82) is 0 Å². The van der Waals surface area contributed by atoms with E-state index in [1.807, 2.05) is 31.2 Å². The molecule has 0 bridgehead atoms. The van der Waals surface area contributed by atoms with Gasteiger partial charge in [-0.3, -0.25) is 4.79 Å². The van der Waals surface area contributed by atoms with E-state index in [1.165, 1.54) is 36.0 Å². The number of rotatable bonds is 8. The maximum absolute atomic E-state index is 12.9. The normalized spacial score (nSPS) is 10.9. The maximum Gasteiger partial charge on any atom is 0.277 e. The molecule has 10 heteroatoms. The Morgan fingerprint density at radius 2 is 1.94 bits per heavy atom. The largest absolute Gasteiger partial charge is 0.411 e. The molecule has 0 atom stereocenters. The number of benzene rings is 2. The molecule has 0 spiro atoms. The number of hydrogen-bond acceptors (Lipinski definition) is 8. The Morgan fingerprint density at radius 1 is 1.13 bits per heavy atom. The van der Waals surface area contributed by atoms with E-state index in [4.69, 9.17) is 8.94 Å². The van der Waals surface area contributed by atoms with E-state index in [0.29, 0.717) is 40.7 Å². The molecule has 2 aromatic heterocycles. The van der Waals surface area contributed by atoms with Gasteiger partial charge in [-0.15, -0.1) is 10.2 Å². The average molecular weight is 439 g/mol. The summed E-state index contributed by atoms with van der Waals surface area (Å²) < 4.78 is 23.8. The van der Waals surface area contributed by atoms with Crippen molar-refractivity contribution in [2.24, 2.45) is 0 Å². The molecule has 0 saturated heterocycles. The molecular formula is C21H18FN5O3S. The van der Waals surface area contributed by atoms with E-state index in [9.17, 15) is 9.18 Å². The van der Waals surface area contributed by atoms with Gasteiger partial charge in [-0.2, -0.15) is 4.98 Å². The smallest absolute Gasteiger partial charge is 0.277 e. The van der Waals surface area contributed by atoms with Crippen LogP contribution in [-0.2, 0) is 17.0 Å². The van der Waals surface area contributed by atoms with Crippen LogP contribution in [0, 0.1) is 12.7 Å². The number of nitrogens with zero attached hydrogens (tertiary/aromatic N) is 4. The van der Waals surface area contributed by atoms with Crippen molar-refractivity contribution in [2.45, 2.75) is 30.7 Å². The molecular weight excluding hydrogens is 421 g/mol. The van der Waals surface area contributed by atoms with Crippen LogP contribution in [0.25, 0.3) is 11.5 Å². The third-order valence-electron chi connectivity index (χ3n) is 4.31. The summed E-state index contributed by atoms with van der Waals surface area (Å²) in [6, 6.07) is 13.3. The lowest BCUT2D eigenvalue weighted by atomic mass is 10.1. The Balaban J connectivity index is 1.26. The number of nitrogens with one attached hydrogen (secondary N) is 1. The highest BCUT2D eigenvalue weighted by molar-refractivity contribution is 7.98. The number of thioether (sulfide) groups is 1. The second kappa shape index (κ2) is 9.52. The summed E-state index contributed by atoms with van der Waals surface area (Å²) in [6.45, 7) is 1.98. The van der Waals surface area contributed by atoms with Gasteiger partial charge in [0.05, 0.1) is 5.75 Å². The molecule has 4 rings (SSSR count). The van der Waals surface area contributed by atoms with E-state index < -0.39 is 0 Å². The summed E-state index contributed by atoms with van der Waals surface area (Å²) in [6.07, 6.45) is 0.457. The highest BCUT2D eigenvalue weighted by Gasteiger charge is 2.14. The van der Waals surface area contributed by atoms with Crippen LogP contribution in [0.15, 0.2) is 62.7 Å². The van der Waals surface area contributed by atoms with Crippen molar-refractivity contribution in [3.63, 3.8) is 0 Å². The molecule has 0 saturated carbocycles. The summed E-state index contributed by atoms with van der Waals surface area (Å²) in [4.78, 5) is 16.3. The summed E-state index contributed by atoms with van der Waals surface area (Å²) in [5.74, 6) is 1.09. The lowest BCUT2D eigenvalue weighted by Crippen LogP contribution is -2.12. The van der Waals surface area contributed by atoms with E-state index >= 15 is 0 Å². The first kappa shape index (κ1) is 20.7. The number of aryl methyl sites for hydroxylation is 2. The number of carbonyl (C=O) groups is 1. The van der Waals surface area contributed by atoms with Crippen LogP contribution < -0.4 is 5.32 Å². The highest BCUT2D eigenvalue weighted by Crippen LogP contribution is 2.26. The maximum atomic E-state index is 12.9. The monoisotopic (exact) mass is 439 g/mol. The Labute approximate surface area is 181 Å². The molecule has 0 aliphatic carbocycles. The van der Waals surface area contributed by atoms with Crippen LogP contribution >= 0.6 is 11.8 Å². The van der Waals surface area contributed by atoms with Crippen LogP contribution in [0.4, 0.5) is 10.1 Å². The van der Waals surface area contributed by atoms with Gasteiger partial charge in [0.2, 0.25) is 17.7 Å². The first-order valence-corrected chi connectivity index (χ1v) is 10.4. The van der Waals surface area contributed by atoms with Crippen molar-refractivity contribution < 1.29 is 18.1 Å². The number of aromatic nitrogens is 4. The molecule has 4 aromatic rings. The molecule has 8 nitrogen and oxygen atoms in total. The number of hydrogen-bond donors (Lipinski definition) is 1. The molecule has 2 heterocycles. The Morgan fingerprint density at radius 3 is 2.74 bits per heavy atom. The fourth-order valence-electron chi connectivity index (χ4n) is 2.74. The highest BCUT2D eigenvalue weighted by atomic mass is 32.2. The minimum atomic E-state index is -0.360. The Hall–Kier alpha value is -3.53. The first-order valence-electron chi connectivity index (χ1n) is 9.46. The molecule has 1 N–H and O–H groups in total. The fourth-order valence-corrected chi connectivity index (χ4v) is 3.35. The molecule has 0 aliphatic rings. The standard InChI is InChI=1S/C21H18FN5O3S/c1-13-4-2-3-5-16(13)20-25-26-21(29-20)31-12-17-24-19(30-27-17)11-10-18(28)23-15-8-6-14(22)7-9-15/h2-9H,10-12H2,1H3,(H,23,28). The lowest BCUT2D eigenvalue weighted by molar-refractivity contribution is -0.116. The molecule has 0 fully saturated rings. The molecule has 0 aliphatic heterocycles. The minimum absolute atomic E-state index is 0.162. The Bertz CT molecular complexity index is 1180. The van der Waals surface area contributed by atoms with Gasteiger partial charge in [-0.1, -0.05) is 35.1 Å². The number of amides is 1. The minimum Gasteiger partial charge on any atom is -0.411 e. The van der Waals surface area contributed by atoms with E-state index in [0.717, 1.165) is 11.1 Å². The van der Waals surface area contributed by atoms with E-state index in [1.54, 1.807) is 0 Å². The van der Waals surface area contributed by atoms with E-state index in [2.05, 4.69) is 25.7 Å². The molecule has 1 amide bonds. The van der Waals surface area contributed by atoms with Gasteiger partial charge in [-0.05, 0) is 42.8 Å².